The number of carboxylic acids is 1. The van der Waals surface area contributed by atoms with Crippen LogP contribution >= 0.6 is 0 Å². The van der Waals surface area contributed by atoms with Crippen molar-refractivity contribution >= 4 is 23.7 Å². The van der Waals surface area contributed by atoms with Crippen molar-refractivity contribution in [2.24, 2.45) is 17.6 Å². The molecule has 0 aliphatic heterocycles. The van der Waals surface area contributed by atoms with Crippen LogP contribution in [-0.4, -0.2) is 62.9 Å². The minimum Gasteiger partial charge on any atom is -0.480 e. The summed E-state index contributed by atoms with van der Waals surface area (Å²) in [6.45, 7) is 8.33. The fourth-order valence-corrected chi connectivity index (χ4v) is 2.57. The maximum atomic E-state index is 12.8. The molecular formula is C19H32N6O5. The van der Waals surface area contributed by atoms with Gasteiger partial charge in [0.1, 0.15) is 18.1 Å². The second-order valence-corrected chi connectivity index (χ2v) is 7.91. The first kappa shape index (κ1) is 25.1. The van der Waals surface area contributed by atoms with Crippen molar-refractivity contribution in [3.8, 4) is 0 Å². The van der Waals surface area contributed by atoms with Gasteiger partial charge in [-0.1, -0.05) is 27.7 Å². The molecule has 30 heavy (non-hydrogen) atoms. The van der Waals surface area contributed by atoms with Gasteiger partial charge in [-0.15, -0.1) is 0 Å². The third kappa shape index (κ3) is 7.47. The lowest BCUT2D eigenvalue weighted by Crippen LogP contribution is -2.57. The first-order valence-electron chi connectivity index (χ1n) is 9.80. The van der Waals surface area contributed by atoms with Gasteiger partial charge in [0.2, 0.25) is 17.7 Å². The predicted molar refractivity (Wildman–Crippen MR) is 109 cm³/mol. The molecule has 1 rings (SSSR count). The van der Waals surface area contributed by atoms with Gasteiger partial charge in [0.15, 0.2) is 0 Å². The smallest absolute Gasteiger partial charge is 0.326 e. The van der Waals surface area contributed by atoms with Crippen LogP contribution in [0.25, 0.3) is 0 Å². The van der Waals surface area contributed by atoms with Gasteiger partial charge in [-0.3, -0.25) is 14.4 Å². The van der Waals surface area contributed by atoms with Crippen LogP contribution in [0.2, 0.25) is 0 Å². The van der Waals surface area contributed by atoms with Crippen molar-refractivity contribution in [3.63, 3.8) is 0 Å². The molecule has 0 aliphatic rings. The molecule has 1 aromatic rings. The highest BCUT2D eigenvalue weighted by Crippen LogP contribution is 2.05. The van der Waals surface area contributed by atoms with E-state index in [1.165, 1.54) is 19.4 Å². The number of nitrogens with one attached hydrogen (secondary N) is 4. The summed E-state index contributed by atoms with van der Waals surface area (Å²) >= 11 is 0. The van der Waals surface area contributed by atoms with Crippen LogP contribution < -0.4 is 21.7 Å². The molecular weight excluding hydrogens is 392 g/mol. The second kappa shape index (κ2) is 11.3. The van der Waals surface area contributed by atoms with Gasteiger partial charge < -0.3 is 31.8 Å². The summed E-state index contributed by atoms with van der Waals surface area (Å²) in [5, 5.41) is 16.7. The van der Waals surface area contributed by atoms with Gasteiger partial charge in [0.05, 0.1) is 12.4 Å². The number of carboxylic acid groups (broad SMARTS) is 1. The van der Waals surface area contributed by atoms with Gasteiger partial charge in [-0.05, 0) is 18.8 Å². The maximum absolute atomic E-state index is 12.8. The van der Waals surface area contributed by atoms with Crippen LogP contribution in [0, 0.1) is 11.8 Å². The summed E-state index contributed by atoms with van der Waals surface area (Å²) in [5.41, 5.74) is 6.47. The third-order valence-corrected chi connectivity index (χ3v) is 4.62. The SMILES string of the molecule is CC(NC(=O)C(Cc1cnc[nH]1)NC(=O)C(N)C(C)C)C(=O)NC(C(=O)O)C(C)C. The van der Waals surface area contributed by atoms with E-state index in [1.807, 2.05) is 0 Å². The Hall–Kier alpha value is -2.95. The van der Waals surface area contributed by atoms with Crippen molar-refractivity contribution in [2.75, 3.05) is 0 Å². The second-order valence-electron chi connectivity index (χ2n) is 7.91. The summed E-state index contributed by atoms with van der Waals surface area (Å²) < 4.78 is 0. The molecule has 0 spiro atoms. The summed E-state index contributed by atoms with van der Waals surface area (Å²) in [6, 6.07) is -3.90. The minimum absolute atomic E-state index is 0.112. The number of imidazole rings is 1. The van der Waals surface area contributed by atoms with Crippen LogP contribution in [0.3, 0.4) is 0 Å². The molecule has 1 heterocycles. The minimum atomic E-state index is -1.16. The van der Waals surface area contributed by atoms with Crippen LogP contribution in [0.5, 0.6) is 0 Å². The molecule has 3 amide bonds. The Labute approximate surface area is 175 Å². The Morgan fingerprint density at radius 2 is 1.63 bits per heavy atom. The first-order valence-corrected chi connectivity index (χ1v) is 9.80. The summed E-state index contributed by atoms with van der Waals surface area (Å²) in [5.74, 6) is -3.37. The van der Waals surface area contributed by atoms with Gasteiger partial charge in [-0.2, -0.15) is 0 Å². The molecule has 0 aliphatic carbocycles. The lowest BCUT2D eigenvalue weighted by atomic mass is 10.0. The largest absolute Gasteiger partial charge is 0.480 e. The fourth-order valence-electron chi connectivity index (χ4n) is 2.57. The molecule has 0 aromatic carbocycles. The van der Waals surface area contributed by atoms with Gasteiger partial charge in [-0.25, -0.2) is 9.78 Å². The molecule has 11 nitrogen and oxygen atoms in total. The predicted octanol–water partition coefficient (Wildman–Crippen LogP) is -0.850. The standard InChI is InChI=1S/C19H32N6O5/c1-9(2)14(20)18(28)24-13(6-12-7-21-8-22-12)17(27)23-11(5)16(26)25-15(10(3)4)19(29)30/h7-11,13-15H,6,20H2,1-5H3,(H,21,22)(H,23,27)(H,24,28)(H,25,26)(H,29,30). The summed E-state index contributed by atoms with van der Waals surface area (Å²) in [4.78, 5) is 55.5. The number of nitrogens with zero attached hydrogens (tertiary/aromatic N) is 1. The Morgan fingerprint density at radius 1 is 1.00 bits per heavy atom. The summed E-state index contributed by atoms with van der Waals surface area (Å²) in [6.07, 6.45) is 3.07. The number of aromatic nitrogens is 2. The molecule has 0 radical (unpaired) electrons. The normalized spacial score (nSPS) is 15.2. The monoisotopic (exact) mass is 424 g/mol. The molecule has 0 saturated heterocycles. The summed E-state index contributed by atoms with van der Waals surface area (Å²) in [7, 11) is 0. The van der Waals surface area contributed by atoms with Crippen LogP contribution in [0.15, 0.2) is 12.5 Å². The number of aromatic amines is 1. The number of carbonyl (C=O) groups is 4. The Balaban J connectivity index is 2.85. The van der Waals surface area contributed by atoms with Gasteiger partial charge in [0.25, 0.3) is 0 Å². The molecule has 0 saturated carbocycles. The zero-order valence-electron chi connectivity index (χ0n) is 17.9. The van der Waals surface area contributed by atoms with E-state index in [0.29, 0.717) is 5.69 Å². The molecule has 4 unspecified atom stereocenters. The molecule has 7 N–H and O–H groups in total. The topological polar surface area (TPSA) is 179 Å². The zero-order chi connectivity index (χ0) is 23.0. The highest BCUT2D eigenvalue weighted by molar-refractivity contribution is 5.94. The number of amides is 3. The number of carbonyl (C=O) groups excluding carboxylic acids is 3. The lowest BCUT2D eigenvalue weighted by molar-refractivity contribution is -0.143. The van der Waals surface area contributed by atoms with E-state index in [9.17, 15) is 24.3 Å². The fraction of sp³-hybridized carbons (Fsp3) is 0.632. The van der Waals surface area contributed by atoms with E-state index in [0.717, 1.165) is 0 Å². The third-order valence-electron chi connectivity index (χ3n) is 4.62. The molecule has 4 atom stereocenters. The van der Waals surface area contributed by atoms with E-state index in [-0.39, 0.29) is 18.3 Å². The van der Waals surface area contributed by atoms with Crippen molar-refractivity contribution in [1.82, 2.24) is 25.9 Å². The van der Waals surface area contributed by atoms with Crippen LogP contribution in [-0.2, 0) is 25.6 Å². The Morgan fingerprint density at radius 3 is 2.10 bits per heavy atom. The van der Waals surface area contributed by atoms with E-state index in [1.54, 1.807) is 27.7 Å². The first-order chi connectivity index (χ1) is 13.9. The number of hydrogen-bond acceptors (Lipinski definition) is 6. The highest BCUT2D eigenvalue weighted by Gasteiger charge is 2.30. The zero-order valence-corrected chi connectivity index (χ0v) is 17.9. The molecule has 11 heteroatoms. The van der Waals surface area contributed by atoms with Crippen molar-refractivity contribution in [2.45, 2.75) is 65.2 Å². The molecule has 1 aromatic heterocycles. The number of H-pyrrole nitrogens is 1. The van der Waals surface area contributed by atoms with E-state index in [4.69, 9.17) is 5.73 Å². The quantitative estimate of drug-likeness (QED) is 0.268. The number of aliphatic carboxylic acids is 1. The van der Waals surface area contributed by atoms with E-state index in [2.05, 4.69) is 25.9 Å². The number of rotatable bonds is 11. The van der Waals surface area contributed by atoms with Crippen molar-refractivity contribution in [1.29, 1.82) is 0 Å². The number of hydrogen-bond donors (Lipinski definition) is 6. The lowest BCUT2D eigenvalue weighted by Gasteiger charge is -2.24. The number of nitrogens with two attached hydrogens (primary N) is 1. The van der Waals surface area contributed by atoms with Gasteiger partial charge >= 0.3 is 5.97 Å². The van der Waals surface area contributed by atoms with Crippen molar-refractivity contribution in [3.05, 3.63) is 18.2 Å². The van der Waals surface area contributed by atoms with Crippen LogP contribution in [0.1, 0.15) is 40.3 Å². The van der Waals surface area contributed by atoms with Crippen LogP contribution in [0.4, 0.5) is 0 Å². The maximum Gasteiger partial charge on any atom is 0.326 e. The molecule has 168 valence electrons. The van der Waals surface area contributed by atoms with E-state index < -0.39 is 47.9 Å². The average Bonchev–Trinajstić information content (AvgIpc) is 3.16. The average molecular weight is 425 g/mol. The Kier molecular flexibility index (Phi) is 9.44. The van der Waals surface area contributed by atoms with Crippen molar-refractivity contribution < 1.29 is 24.3 Å². The highest BCUT2D eigenvalue weighted by atomic mass is 16.4. The molecule has 0 bridgehead atoms. The van der Waals surface area contributed by atoms with E-state index >= 15 is 0 Å². The molecule has 0 fully saturated rings. The Bertz CT molecular complexity index is 734. The van der Waals surface area contributed by atoms with Gasteiger partial charge in [0, 0.05) is 18.3 Å².